The van der Waals surface area contributed by atoms with Crippen molar-refractivity contribution in [3.63, 3.8) is 0 Å². The van der Waals surface area contributed by atoms with Crippen molar-refractivity contribution < 1.29 is 27.8 Å². The Labute approximate surface area is 158 Å². The molecule has 0 spiro atoms. The fourth-order valence-corrected chi connectivity index (χ4v) is 6.04. The highest BCUT2D eigenvalue weighted by molar-refractivity contribution is 5.77. The number of carbonyl (C=O) groups excluding carboxylic acids is 2. The molecule has 5 rings (SSSR count). The van der Waals surface area contributed by atoms with E-state index in [1.807, 2.05) is 24.3 Å². The first kappa shape index (κ1) is 18.6. The lowest BCUT2D eigenvalue weighted by Crippen LogP contribution is -2.59. The Bertz CT molecular complexity index is 677. The van der Waals surface area contributed by atoms with Crippen molar-refractivity contribution in [1.82, 2.24) is 0 Å². The maximum absolute atomic E-state index is 13.2. The van der Waals surface area contributed by atoms with E-state index in [9.17, 15) is 18.4 Å². The lowest BCUT2D eigenvalue weighted by atomic mass is 9.48. The van der Waals surface area contributed by atoms with E-state index in [0.717, 1.165) is 32.1 Å². The number of carbonyl (C=O) groups is 2. The predicted octanol–water partition coefficient (Wildman–Crippen LogP) is 4.20. The van der Waals surface area contributed by atoms with Crippen LogP contribution in [0.4, 0.5) is 8.78 Å². The van der Waals surface area contributed by atoms with Crippen LogP contribution in [0.15, 0.2) is 24.3 Å². The van der Waals surface area contributed by atoms with E-state index in [1.165, 1.54) is 0 Å². The Morgan fingerprint density at radius 3 is 2.44 bits per heavy atom. The molecule has 0 heterocycles. The number of hydrogen-bond acceptors (Lipinski definition) is 4. The van der Waals surface area contributed by atoms with Crippen LogP contribution in [0.2, 0.25) is 0 Å². The van der Waals surface area contributed by atoms with Gasteiger partial charge in [-0.3, -0.25) is 4.79 Å². The second kappa shape index (κ2) is 6.42. The van der Waals surface area contributed by atoms with Gasteiger partial charge in [0.2, 0.25) is 0 Å². The summed E-state index contributed by atoms with van der Waals surface area (Å²) in [7, 11) is 0. The molecule has 148 valence electrons. The molecule has 0 radical (unpaired) electrons. The summed E-state index contributed by atoms with van der Waals surface area (Å²) >= 11 is 0. The van der Waals surface area contributed by atoms with Gasteiger partial charge < -0.3 is 9.47 Å². The molecule has 3 atom stereocenters. The molecule has 0 aliphatic heterocycles. The van der Waals surface area contributed by atoms with Gasteiger partial charge in [0.05, 0.1) is 12.5 Å². The molecule has 5 aliphatic rings. The summed E-state index contributed by atoms with van der Waals surface area (Å²) in [6.45, 7) is 0.554. The van der Waals surface area contributed by atoms with Crippen molar-refractivity contribution in [2.45, 2.75) is 63.4 Å². The molecule has 6 heteroatoms. The molecule has 5 aliphatic carbocycles. The van der Waals surface area contributed by atoms with Crippen molar-refractivity contribution in [1.29, 1.82) is 0 Å². The van der Waals surface area contributed by atoms with Gasteiger partial charge in [-0.25, -0.2) is 4.79 Å². The zero-order valence-electron chi connectivity index (χ0n) is 15.6. The van der Waals surface area contributed by atoms with Crippen LogP contribution < -0.4 is 0 Å². The number of esters is 2. The Morgan fingerprint density at radius 1 is 1.15 bits per heavy atom. The van der Waals surface area contributed by atoms with E-state index in [1.54, 1.807) is 0 Å². The quantitative estimate of drug-likeness (QED) is 0.671. The molecule has 4 fully saturated rings. The van der Waals surface area contributed by atoms with Crippen molar-refractivity contribution in [2.24, 2.45) is 23.2 Å². The first-order chi connectivity index (χ1) is 12.7. The number of hydrogen-bond donors (Lipinski definition) is 0. The van der Waals surface area contributed by atoms with Crippen LogP contribution in [0.25, 0.3) is 0 Å². The Morgan fingerprint density at radius 2 is 1.85 bits per heavy atom. The van der Waals surface area contributed by atoms with Crippen LogP contribution in [0.3, 0.4) is 0 Å². The minimum Gasteiger partial charge on any atom is -0.461 e. The number of ether oxygens (including phenoxy) is 2. The fraction of sp³-hybridized carbons (Fsp3) is 0.714. The summed E-state index contributed by atoms with van der Waals surface area (Å²) in [5, 5.41) is 0. The van der Waals surface area contributed by atoms with Gasteiger partial charge in [0.25, 0.3) is 0 Å². The molecule has 0 N–H and O–H groups in total. The average Bonchev–Trinajstić information content (AvgIpc) is 2.58. The molecule has 0 aromatic rings. The zero-order chi connectivity index (χ0) is 19.3. The number of halogens is 2. The predicted molar refractivity (Wildman–Crippen MR) is 93.9 cm³/mol. The second-order valence-electron chi connectivity index (χ2n) is 9.18. The lowest BCUT2D eigenvalue weighted by molar-refractivity contribution is -0.215. The molecule has 27 heavy (non-hydrogen) atoms. The Hall–Kier alpha value is -1.72. The largest absolute Gasteiger partial charge is 0.461 e. The first-order valence-corrected chi connectivity index (χ1v) is 9.80. The molecule has 0 aromatic heterocycles. The molecule has 4 saturated carbocycles. The molecular weight excluding hydrogens is 354 g/mol. The maximum Gasteiger partial charge on any atom is 0.376 e. The summed E-state index contributed by atoms with van der Waals surface area (Å²) < 4.78 is 37.4. The summed E-state index contributed by atoms with van der Waals surface area (Å²) in [5.41, 5.74) is -0.870. The highest BCUT2D eigenvalue weighted by Crippen LogP contribution is 2.63. The molecule has 3 unspecified atom stereocenters. The van der Waals surface area contributed by atoms with Gasteiger partial charge in [-0.2, -0.15) is 8.78 Å². The summed E-state index contributed by atoms with van der Waals surface area (Å²) in [6.07, 6.45) is 13.3. The third-order valence-corrected chi connectivity index (χ3v) is 6.60. The van der Waals surface area contributed by atoms with Gasteiger partial charge in [-0.15, -0.1) is 0 Å². The Kier molecular flexibility index (Phi) is 4.43. The third-order valence-electron chi connectivity index (χ3n) is 6.60. The maximum atomic E-state index is 13.2. The lowest BCUT2D eigenvalue weighted by Gasteiger charge is -2.61. The summed E-state index contributed by atoms with van der Waals surface area (Å²) in [6, 6.07) is 0. The van der Waals surface area contributed by atoms with Crippen LogP contribution in [-0.2, 0) is 19.1 Å². The first-order valence-electron chi connectivity index (χ1n) is 9.80. The van der Waals surface area contributed by atoms with Crippen molar-refractivity contribution in [3.05, 3.63) is 24.3 Å². The minimum absolute atomic E-state index is 0.00632. The van der Waals surface area contributed by atoms with Gasteiger partial charge >= 0.3 is 17.9 Å². The van der Waals surface area contributed by atoms with Crippen LogP contribution in [0.5, 0.6) is 0 Å². The highest BCUT2D eigenvalue weighted by Gasteiger charge is 2.60. The number of rotatable bonds is 5. The summed E-state index contributed by atoms with van der Waals surface area (Å²) in [5.74, 6) is -4.60. The molecule has 4 nitrogen and oxygen atoms in total. The number of alkyl halides is 2. The van der Waals surface area contributed by atoms with Crippen LogP contribution in [-0.4, -0.2) is 30.1 Å². The van der Waals surface area contributed by atoms with Gasteiger partial charge in [0, 0.05) is 12.3 Å². The van der Waals surface area contributed by atoms with Gasteiger partial charge in [0.15, 0.2) is 0 Å². The third kappa shape index (κ3) is 3.67. The molecule has 0 saturated heterocycles. The van der Waals surface area contributed by atoms with Gasteiger partial charge in [0.1, 0.15) is 5.60 Å². The smallest absolute Gasteiger partial charge is 0.376 e. The summed E-state index contributed by atoms with van der Waals surface area (Å²) in [4.78, 5) is 24.2. The SMILES string of the molecule is CC(F)(F)C(=O)OCC12CC3CC(C1)CC(OC(=O)C1C=CC=CC1)(C3)C2. The fourth-order valence-electron chi connectivity index (χ4n) is 6.04. The van der Waals surface area contributed by atoms with E-state index >= 15 is 0 Å². The Balaban J connectivity index is 1.47. The second-order valence-corrected chi connectivity index (χ2v) is 9.18. The monoisotopic (exact) mass is 380 g/mol. The van der Waals surface area contributed by atoms with Gasteiger partial charge in [-0.05, 0) is 56.8 Å². The van der Waals surface area contributed by atoms with E-state index in [0.29, 0.717) is 31.6 Å². The normalized spacial score (nSPS) is 39.4. The topological polar surface area (TPSA) is 52.6 Å². The van der Waals surface area contributed by atoms with E-state index < -0.39 is 17.5 Å². The molecule has 0 aromatic carbocycles. The number of allylic oxidation sites excluding steroid dienone is 3. The van der Waals surface area contributed by atoms with Gasteiger partial charge in [-0.1, -0.05) is 24.3 Å². The molecule has 4 bridgehead atoms. The van der Waals surface area contributed by atoms with Crippen molar-refractivity contribution >= 4 is 11.9 Å². The highest BCUT2D eigenvalue weighted by atomic mass is 19.3. The van der Waals surface area contributed by atoms with E-state index in [2.05, 4.69) is 0 Å². The van der Waals surface area contributed by atoms with Crippen molar-refractivity contribution in [3.8, 4) is 0 Å². The van der Waals surface area contributed by atoms with E-state index in [4.69, 9.17) is 9.47 Å². The van der Waals surface area contributed by atoms with Crippen LogP contribution in [0, 0.1) is 23.2 Å². The van der Waals surface area contributed by atoms with Crippen LogP contribution in [0.1, 0.15) is 51.9 Å². The van der Waals surface area contributed by atoms with Crippen LogP contribution >= 0.6 is 0 Å². The average molecular weight is 380 g/mol. The van der Waals surface area contributed by atoms with E-state index in [-0.39, 0.29) is 23.9 Å². The standard InChI is InChI=1S/C21H26F2O4/c1-19(22,23)18(25)26-13-20-8-14-7-15(9-20)11-21(10-14,12-20)27-17(24)16-5-3-2-4-6-16/h2-5,14-16H,6-13H2,1H3. The molecular formula is C21H26F2O4. The van der Waals surface area contributed by atoms with Crippen molar-refractivity contribution in [2.75, 3.05) is 6.61 Å². The zero-order valence-corrected chi connectivity index (χ0v) is 15.6. The minimum atomic E-state index is -3.48. The molecule has 0 amide bonds.